The van der Waals surface area contributed by atoms with Gasteiger partial charge in [-0.25, -0.2) is 13.4 Å². The Balaban J connectivity index is 1.65. The van der Waals surface area contributed by atoms with Crippen molar-refractivity contribution in [2.45, 2.75) is 10.3 Å². The van der Waals surface area contributed by atoms with Crippen molar-refractivity contribution >= 4 is 48.9 Å². The summed E-state index contributed by atoms with van der Waals surface area (Å²) in [7, 11) is -3.43. The van der Waals surface area contributed by atoms with Crippen LogP contribution in [0.3, 0.4) is 0 Å². The van der Waals surface area contributed by atoms with Crippen molar-refractivity contribution in [3.05, 3.63) is 39.3 Å². The van der Waals surface area contributed by atoms with E-state index in [-0.39, 0.29) is 6.10 Å². The first-order valence-corrected chi connectivity index (χ1v) is 9.42. The highest BCUT2D eigenvalue weighted by molar-refractivity contribution is 9.11. The normalized spacial score (nSPS) is 16.7. The predicted octanol–water partition coefficient (Wildman–Crippen LogP) is 3.01. The average Bonchev–Trinajstić information content (AvgIpc) is 2.82. The zero-order valence-corrected chi connectivity index (χ0v) is 14.5. The molecule has 0 aliphatic carbocycles. The summed E-state index contributed by atoms with van der Waals surface area (Å²) in [6, 6.07) is 6.70. The van der Waals surface area contributed by atoms with Crippen molar-refractivity contribution in [2.24, 2.45) is 0 Å². The van der Waals surface area contributed by atoms with E-state index in [2.05, 4.69) is 20.9 Å². The van der Waals surface area contributed by atoms with Crippen LogP contribution in [-0.4, -0.2) is 36.9 Å². The molecule has 112 valence electrons. The standard InChI is InChI=1S/C12H10BrClN2O3S2/c13-10-3-4-11(20-10)21(17,18)16-6-8(7-16)19-12-9(14)2-1-5-15-12/h1-5,8H,6-7H2. The molecule has 1 saturated heterocycles. The monoisotopic (exact) mass is 408 g/mol. The van der Waals surface area contributed by atoms with Crippen molar-refractivity contribution in [1.29, 1.82) is 0 Å². The minimum atomic E-state index is -3.43. The lowest BCUT2D eigenvalue weighted by molar-refractivity contribution is 0.0723. The van der Waals surface area contributed by atoms with E-state index in [1.54, 1.807) is 30.5 Å². The van der Waals surface area contributed by atoms with Gasteiger partial charge in [-0.05, 0) is 40.2 Å². The van der Waals surface area contributed by atoms with Crippen LogP contribution < -0.4 is 4.74 Å². The zero-order valence-electron chi connectivity index (χ0n) is 10.6. The molecule has 2 aromatic heterocycles. The predicted molar refractivity (Wildman–Crippen MR) is 84.4 cm³/mol. The molecule has 0 N–H and O–H groups in total. The molecule has 0 unspecified atom stereocenters. The number of halogens is 2. The molecule has 3 rings (SSSR count). The van der Waals surface area contributed by atoms with Crippen LogP contribution in [0.4, 0.5) is 0 Å². The highest BCUT2D eigenvalue weighted by Gasteiger charge is 2.39. The third-order valence-corrected chi connectivity index (χ3v) is 7.17. The van der Waals surface area contributed by atoms with Crippen LogP contribution in [0.2, 0.25) is 5.02 Å². The number of rotatable bonds is 4. The maximum atomic E-state index is 12.3. The number of pyridine rings is 1. The Kier molecular flexibility index (Phi) is 4.24. The molecule has 1 aliphatic rings. The second-order valence-electron chi connectivity index (χ2n) is 4.41. The molecule has 0 bridgehead atoms. The van der Waals surface area contributed by atoms with E-state index in [1.807, 2.05) is 0 Å². The first kappa shape index (κ1) is 15.2. The average molecular weight is 410 g/mol. The second-order valence-corrected chi connectivity index (χ2v) is 9.45. The van der Waals surface area contributed by atoms with Crippen LogP contribution in [0.15, 0.2) is 38.5 Å². The zero-order chi connectivity index (χ0) is 15.0. The molecule has 0 saturated carbocycles. The highest BCUT2D eigenvalue weighted by Crippen LogP contribution is 2.32. The van der Waals surface area contributed by atoms with E-state index >= 15 is 0 Å². The van der Waals surface area contributed by atoms with Gasteiger partial charge in [-0.15, -0.1) is 11.3 Å². The number of aromatic nitrogens is 1. The first-order chi connectivity index (χ1) is 9.96. The van der Waals surface area contributed by atoms with Crippen LogP contribution in [0.1, 0.15) is 0 Å². The Morgan fingerprint density at radius 2 is 2.14 bits per heavy atom. The first-order valence-electron chi connectivity index (χ1n) is 5.99. The molecule has 3 heterocycles. The molecule has 0 spiro atoms. The molecule has 9 heteroatoms. The molecule has 0 amide bonds. The summed E-state index contributed by atoms with van der Waals surface area (Å²) in [4.78, 5) is 4.02. The van der Waals surface area contributed by atoms with Gasteiger partial charge in [-0.3, -0.25) is 0 Å². The van der Waals surface area contributed by atoms with Crippen LogP contribution in [0.25, 0.3) is 0 Å². The Hall–Kier alpha value is -0.670. The van der Waals surface area contributed by atoms with Gasteiger partial charge in [0.2, 0.25) is 5.88 Å². The van der Waals surface area contributed by atoms with Gasteiger partial charge in [0.05, 0.1) is 16.9 Å². The number of hydrogen-bond donors (Lipinski definition) is 0. The lowest BCUT2D eigenvalue weighted by atomic mass is 10.2. The van der Waals surface area contributed by atoms with Crippen LogP contribution in [-0.2, 0) is 10.0 Å². The van der Waals surface area contributed by atoms with Gasteiger partial charge in [0.25, 0.3) is 10.0 Å². The molecule has 0 atom stereocenters. The molecule has 21 heavy (non-hydrogen) atoms. The molecule has 0 radical (unpaired) electrons. The maximum absolute atomic E-state index is 12.3. The largest absolute Gasteiger partial charge is 0.470 e. The summed E-state index contributed by atoms with van der Waals surface area (Å²) in [5.74, 6) is 0.333. The summed E-state index contributed by atoms with van der Waals surface area (Å²) in [6.45, 7) is 0.593. The van der Waals surface area contributed by atoms with Gasteiger partial charge in [-0.2, -0.15) is 4.31 Å². The summed E-state index contributed by atoms with van der Waals surface area (Å²) >= 11 is 10.4. The number of ether oxygens (including phenoxy) is 1. The van der Waals surface area contributed by atoms with Gasteiger partial charge in [-0.1, -0.05) is 11.6 Å². The molecule has 0 aromatic carbocycles. The SMILES string of the molecule is O=S(=O)(c1ccc(Br)s1)N1CC(Oc2ncccc2Cl)C1. The number of thiophene rings is 1. The topological polar surface area (TPSA) is 59.5 Å². The van der Waals surface area contributed by atoms with Crippen molar-refractivity contribution in [2.75, 3.05) is 13.1 Å². The van der Waals surface area contributed by atoms with Crippen molar-refractivity contribution in [3.63, 3.8) is 0 Å². The van der Waals surface area contributed by atoms with E-state index in [0.29, 0.717) is 28.2 Å². The molecule has 1 fully saturated rings. The lowest BCUT2D eigenvalue weighted by Crippen LogP contribution is -2.55. The third kappa shape index (κ3) is 3.09. The summed E-state index contributed by atoms with van der Waals surface area (Å²) < 4.78 is 32.7. The van der Waals surface area contributed by atoms with Gasteiger partial charge in [0.1, 0.15) is 15.3 Å². The van der Waals surface area contributed by atoms with E-state index in [4.69, 9.17) is 16.3 Å². The second kappa shape index (κ2) is 5.85. The number of nitrogens with zero attached hydrogens (tertiary/aromatic N) is 2. The molecule has 1 aliphatic heterocycles. The molecule has 2 aromatic rings. The van der Waals surface area contributed by atoms with Gasteiger partial charge >= 0.3 is 0 Å². The Morgan fingerprint density at radius 1 is 1.38 bits per heavy atom. The van der Waals surface area contributed by atoms with Crippen LogP contribution in [0.5, 0.6) is 5.88 Å². The van der Waals surface area contributed by atoms with E-state index < -0.39 is 10.0 Å². The van der Waals surface area contributed by atoms with Crippen molar-refractivity contribution in [1.82, 2.24) is 9.29 Å². The molecular weight excluding hydrogens is 400 g/mol. The third-order valence-electron chi connectivity index (χ3n) is 2.96. The summed E-state index contributed by atoms with van der Waals surface area (Å²) in [5.41, 5.74) is 0. The highest BCUT2D eigenvalue weighted by atomic mass is 79.9. The fourth-order valence-corrected chi connectivity index (χ4v) is 5.68. The van der Waals surface area contributed by atoms with E-state index in [1.165, 1.54) is 15.6 Å². The molecular formula is C12H10BrClN2O3S2. The minimum Gasteiger partial charge on any atom is -0.470 e. The lowest BCUT2D eigenvalue weighted by Gasteiger charge is -2.37. The maximum Gasteiger partial charge on any atom is 0.252 e. The summed E-state index contributed by atoms with van der Waals surface area (Å²) in [6.07, 6.45) is 1.35. The Labute approximate surface area is 139 Å². The Bertz CT molecular complexity index is 759. The molecule has 5 nitrogen and oxygen atoms in total. The summed E-state index contributed by atoms with van der Waals surface area (Å²) in [5, 5.41) is 0.418. The van der Waals surface area contributed by atoms with Crippen LogP contribution >= 0.6 is 38.9 Å². The van der Waals surface area contributed by atoms with E-state index in [0.717, 1.165) is 3.79 Å². The van der Waals surface area contributed by atoms with Crippen molar-refractivity contribution in [3.8, 4) is 5.88 Å². The van der Waals surface area contributed by atoms with E-state index in [9.17, 15) is 8.42 Å². The number of hydrogen-bond acceptors (Lipinski definition) is 5. The fraction of sp³-hybridized carbons (Fsp3) is 0.250. The van der Waals surface area contributed by atoms with Gasteiger partial charge in [0, 0.05) is 6.20 Å². The smallest absolute Gasteiger partial charge is 0.252 e. The quantitative estimate of drug-likeness (QED) is 0.779. The fourth-order valence-electron chi connectivity index (χ4n) is 1.85. The number of sulfonamides is 1. The minimum absolute atomic E-state index is 0.226. The van der Waals surface area contributed by atoms with Crippen molar-refractivity contribution < 1.29 is 13.2 Å². The van der Waals surface area contributed by atoms with Gasteiger partial charge in [0.15, 0.2) is 0 Å². The Morgan fingerprint density at radius 3 is 2.76 bits per heavy atom. The van der Waals surface area contributed by atoms with Crippen LogP contribution in [0, 0.1) is 0 Å². The van der Waals surface area contributed by atoms with Gasteiger partial charge < -0.3 is 4.74 Å².